The molecule has 160 valence electrons. The van der Waals surface area contributed by atoms with Crippen molar-refractivity contribution in [2.45, 2.75) is 33.6 Å². The standard InChI is InChI=1S/C23H36N4O2/c1-23(2,3)22(29)27-12-7-8-19(18-27)21(28)24-11-13-25-14-16-26(17-15-25)20-9-5-4-6-10-20/h4-6,9-10,19H,7-8,11-18H2,1-3H3,(H,24,28). The van der Waals surface area contributed by atoms with Gasteiger partial charge in [0.1, 0.15) is 0 Å². The molecule has 2 aliphatic heterocycles. The van der Waals surface area contributed by atoms with Crippen LogP contribution < -0.4 is 10.2 Å². The summed E-state index contributed by atoms with van der Waals surface area (Å²) in [5.41, 5.74) is 0.896. The summed E-state index contributed by atoms with van der Waals surface area (Å²) in [5.74, 6) is 0.163. The quantitative estimate of drug-likeness (QED) is 0.823. The number of hydrogen-bond acceptors (Lipinski definition) is 4. The van der Waals surface area contributed by atoms with Gasteiger partial charge in [0.25, 0.3) is 0 Å². The third-order valence-electron chi connectivity index (χ3n) is 5.94. The predicted molar refractivity (Wildman–Crippen MR) is 117 cm³/mol. The first-order valence-electron chi connectivity index (χ1n) is 10.9. The molecule has 1 N–H and O–H groups in total. The summed E-state index contributed by atoms with van der Waals surface area (Å²) in [6.45, 7) is 12.8. The van der Waals surface area contributed by atoms with E-state index in [1.54, 1.807) is 0 Å². The Morgan fingerprint density at radius 1 is 1.03 bits per heavy atom. The van der Waals surface area contributed by atoms with Crippen LogP contribution in [0.2, 0.25) is 0 Å². The first-order chi connectivity index (χ1) is 13.8. The van der Waals surface area contributed by atoms with Gasteiger partial charge in [-0.3, -0.25) is 14.5 Å². The average molecular weight is 401 g/mol. The zero-order valence-corrected chi connectivity index (χ0v) is 18.2. The van der Waals surface area contributed by atoms with Crippen LogP contribution in [-0.2, 0) is 9.59 Å². The number of nitrogens with one attached hydrogen (secondary N) is 1. The third-order valence-corrected chi connectivity index (χ3v) is 5.94. The maximum atomic E-state index is 12.6. The van der Waals surface area contributed by atoms with Gasteiger partial charge >= 0.3 is 0 Å². The Hall–Kier alpha value is -2.08. The summed E-state index contributed by atoms with van der Waals surface area (Å²) in [7, 11) is 0. The van der Waals surface area contributed by atoms with E-state index in [2.05, 4.69) is 39.4 Å². The van der Waals surface area contributed by atoms with Crippen molar-refractivity contribution in [2.75, 3.05) is 57.3 Å². The number of carbonyl (C=O) groups is 2. The number of anilines is 1. The first kappa shape index (κ1) is 21.6. The average Bonchev–Trinajstić information content (AvgIpc) is 2.73. The van der Waals surface area contributed by atoms with E-state index < -0.39 is 0 Å². The third kappa shape index (κ3) is 5.95. The molecule has 1 unspecified atom stereocenters. The Balaban J connectivity index is 1.37. The molecule has 0 radical (unpaired) electrons. The van der Waals surface area contributed by atoms with Gasteiger partial charge in [-0.05, 0) is 25.0 Å². The molecule has 2 amide bonds. The van der Waals surface area contributed by atoms with E-state index in [0.717, 1.165) is 52.1 Å². The predicted octanol–water partition coefficient (Wildman–Crippen LogP) is 2.21. The lowest BCUT2D eigenvalue weighted by atomic mass is 9.91. The highest BCUT2D eigenvalue weighted by molar-refractivity contribution is 5.83. The summed E-state index contributed by atoms with van der Waals surface area (Å²) in [4.78, 5) is 31.8. The van der Waals surface area contributed by atoms with Crippen molar-refractivity contribution in [2.24, 2.45) is 11.3 Å². The largest absolute Gasteiger partial charge is 0.369 e. The number of piperidine rings is 1. The molecule has 6 nitrogen and oxygen atoms in total. The van der Waals surface area contributed by atoms with E-state index in [0.29, 0.717) is 13.1 Å². The molecule has 0 saturated carbocycles. The second-order valence-corrected chi connectivity index (χ2v) is 9.30. The van der Waals surface area contributed by atoms with Crippen LogP contribution in [-0.4, -0.2) is 74.0 Å². The van der Waals surface area contributed by atoms with Crippen LogP contribution in [0.1, 0.15) is 33.6 Å². The van der Waals surface area contributed by atoms with Gasteiger partial charge in [-0.2, -0.15) is 0 Å². The van der Waals surface area contributed by atoms with Gasteiger partial charge in [0.05, 0.1) is 5.92 Å². The van der Waals surface area contributed by atoms with Crippen molar-refractivity contribution in [1.29, 1.82) is 0 Å². The zero-order valence-electron chi connectivity index (χ0n) is 18.2. The van der Waals surface area contributed by atoms with E-state index >= 15 is 0 Å². The number of benzene rings is 1. The molecule has 0 bridgehead atoms. The summed E-state index contributed by atoms with van der Waals surface area (Å²) in [6.07, 6.45) is 1.77. The van der Waals surface area contributed by atoms with Crippen molar-refractivity contribution < 1.29 is 9.59 Å². The molecule has 2 fully saturated rings. The molecule has 6 heteroatoms. The molecular formula is C23H36N4O2. The Kier molecular flexibility index (Phi) is 7.17. The molecule has 1 aromatic carbocycles. The van der Waals surface area contributed by atoms with Crippen LogP contribution in [0.15, 0.2) is 30.3 Å². The van der Waals surface area contributed by atoms with Gasteiger partial charge < -0.3 is 15.1 Å². The zero-order chi connectivity index (χ0) is 20.9. The van der Waals surface area contributed by atoms with Crippen LogP contribution >= 0.6 is 0 Å². The van der Waals surface area contributed by atoms with Crippen LogP contribution in [0.25, 0.3) is 0 Å². The number of nitrogens with zero attached hydrogens (tertiary/aromatic N) is 3. The minimum atomic E-state index is -0.389. The number of amides is 2. The lowest BCUT2D eigenvalue weighted by Gasteiger charge is -2.37. The topological polar surface area (TPSA) is 55.9 Å². The second kappa shape index (κ2) is 9.61. The molecule has 1 atom stereocenters. The smallest absolute Gasteiger partial charge is 0.227 e. The summed E-state index contributed by atoms with van der Waals surface area (Å²) >= 11 is 0. The summed E-state index contributed by atoms with van der Waals surface area (Å²) in [6, 6.07) is 10.5. The molecule has 1 aromatic rings. The van der Waals surface area contributed by atoms with Crippen molar-refractivity contribution in [3.05, 3.63) is 30.3 Å². The summed E-state index contributed by atoms with van der Waals surface area (Å²) < 4.78 is 0. The molecule has 2 heterocycles. The number of piperazine rings is 1. The fraction of sp³-hybridized carbons (Fsp3) is 0.652. The first-order valence-corrected chi connectivity index (χ1v) is 10.9. The fourth-order valence-corrected chi connectivity index (χ4v) is 4.20. The van der Waals surface area contributed by atoms with Gasteiger partial charge in [-0.1, -0.05) is 39.0 Å². The van der Waals surface area contributed by atoms with Crippen molar-refractivity contribution >= 4 is 17.5 Å². The Morgan fingerprint density at radius 3 is 2.38 bits per heavy atom. The normalized spacial score (nSPS) is 21.1. The van der Waals surface area contributed by atoms with Crippen molar-refractivity contribution in [1.82, 2.24) is 15.1 Å². The molecular weight excluding hydrogens is 364 g/mol. The highest BCUT2D eigenvalue weighted by atomic mass is 16.2. The monoisotopic (exact) mass is 400 g/mol. The number of hydrogen-bond donors (Lipinski definition) is 1. The van der Waals surface area contributed by atoms with Gasteiger partial charge in [0, 0.05) is 63.5 Å². The number of rotatable bonds is 5. The Bertz CT molecular complexity index is 678. The molecule has 2 aliphatic rings. The van der Waals surface area contributed by atoms with Crippen molar-refractivity contribution in [3.63, 3.8) is 0 Å². The van der Waals surface area contributed by atoms with Crippen LogP contribution in [0.3, 0.4) is 0 Å². The lowest BCUT2D eigenvalue weighted by Crippen LogP contribution is -2.50. The van der Waals surface area contributed by atoms with Gasteiger partial charge in [-0.15, -0.1) is 0 Å². The van der Waals surface area contributed by atoms with Gasteiger partial charge in [-0.25, -0.2) is 0 Å². The van der Waals surface area contributed by atoms with E-state index in [1.807, 2.05) is 31.7 Å². The fourth-order valence-electron chi connectivity index (χ4n) is 4.20. The number of likely N-dealkylation sites (tertiary alicyclic amines) is 1. The molecule has 0 aliphatic carbocycles. The van der Waals surface area contributed by atoms with Gasteiger partial charge in [0.2, 0.25) is 11.8 Å². The van der Waals surface area contributed by atoms with E-state index in [4.69, 9.17) is 0 Å². The molecule has 29 heavy (non-hydrogen) atoms. The number of carbonyl (C=O) groups excluding carboxylic acids is 2. The van der Waals surface area contributed by atoms with Crippen LogP contribution in [0.4, 0.5) is 5.69 Å². The SMILES string of the molecule is CC(C)(C)C(=O)N1CCCC(C(=O)NCCN2CCN(c3ccccc3)CC2)C1. The van der Waals surface area contributed by atoms with Crippen LogP contribution in [0.5, 0.6) is 0 Å². The van der Waals surface area contributed by atoms with Crippen molar-refractivity contribution in [3.8, 4) is 0 Å². The number of para-hydroxylation sites is 1. The summed E-state index contributed by atoms with van der Waals surface area (Å²) in [5, 5.41) is 3.11. The second-order valence-electron chi connectivity index (χ2n) is 9.30. The molecule has 0 spiro atoms. The maximum absolute atomic E-state index is 12.6. The van der Waals surface area contributed by atoms with E-state index in [9.17, 15) is 9.59 Å². The Morgan fingerprint density at radius 2 is 1.72 bits per heavy atom. The van der Waals surface area contributed by atoms with E-state index in [-0.39, 0.29) is 23.1 Å². The lowest BCUT2D eigenvalue weighted by molar-refractivity contribution is -0.142. The van der Waals surface area contributed by atoms with Crippen LogP contribution in [0, 0.1) is 11.3 Å². The van der Waals surface area contributed by atoms with Gasteiger partial charge in [0.15, 0.2) is 0 Å². The maximum Gasteiger partial charge on any atom is 0.227 e. The minimum absolute atomic E-state index is 0.0787. The highest BCUT2D eigenvalue weighted by Gasteiger charge is 2.33. The Labute approximate surface area is 175 Å². The minimum Gasteiger partial charge on any atom is -0.369 e. The molecule has 0 aromatic heterocycles. The highest BCUT2D eigenvalue weighted by Crippen LogP contribution is 2.23. The van der Waals surface area contributed by atoms with E-state index in [1.165, 1.54) is 5.69 Å². The molecule has 2 saturated heterocycles. The molecule has 3 rings (SSSR count).